The highest BCUT2D eigenvalue weighted by Gasteiger charge is 2.28. The number of hydrogen-bond acceptors (Lipinski definition) is 4. The summed E-state index contributed by atoms with van der Waals surface area (Å²) in [5.41, 5.74) is 7.31. The molecule has 0 unspecified atom stereocenters. The highest BCUT2D eigenvalue weighted by Crippen LogP contribution is 2.49. The summed E-state index contributed by atoms with van der Waals surface area (Å²) in [5, 5.41) is 11.6. The lowest BCUT2D eigenvalue weighted by Crippen LogP contribution is -2.17. The van der Waals surface area contributed by atoms with Crippen LogP contribution in [0.2, 0.25) is 0 Å². The predicted octanol–water partition coefficient (Wildman–Crippen LogP) is 9.73. The highest BCUT2D eigenvalue weighted by atomic mass is 16.5. The van der Waals surface area contributed by atoms with Crippen LogP contribution in [0.1, 0.15) is 98.4 Å². The third kappa shape index (κ3) is 6.43. The minimum absolute atomic E-state index is 0.0120. The van der Waals surface area contributed by atoms with E-state index in [2.05, 4.69) is 93.5 Å². The van der Waals surface area contributed by atoms with Gasteiger partial charge < -0.3 is 19.3 Å². The molecule has 0 radical (unpaired) electrons. The van der Waals surface area contributed by atoms with E-state index in [0.29, 0.717) is 11.5 Å². The number of aryl methyl sites for hydroxylation is 1. The highest BCUT2D eigenvalue weighted by molar-refractivity contribution is 5.87. The first-order valence-corrected chi connectivity index (χ1v) is 14.3. The van der Waals surface area contributed by atoms with E-state index in [9.17, 15) is 5.11 Å². The number of ether oxygens (including phenoxy) is 3. The van der Waals surface area contributed by atoms with Gasteiger partial charge in [-0.1, -0.05) is 74.4 Å². The van der Waals surface area contributed by atoms with Crippen LogP contribution < -0.4 is 14.2 Å². The average Bonchev–Trinajstić information content (AvgIpc) is 2.82. The Balaban J connectivity index is 2.43. The number of benzene rings is 3. The molecule has 3 aromatic rings. The maximum Gasteiger partial charge on any atom is 0.130 e. The molecule has 0 saturated heterocycles. The Labute approximate surface area is 242 Å². The zero-order chi connectivity index (χ0) is 30.4. The molecule has 0 fully saturated rings. The first-order chi connectivity index (χ1) is 18.3. The largest absolute Gasteiger partial charge is 0.507 e. The fraction of sp³-hybridized carbons (Fsp3) is 0.500. The zero-order valence-electron chi connectivity index (χ0n) is 27.2. The van der Waals surface area contributed by atoms with Gasteiger partial charge in [-0.25, -0.2) is 0 Å². The molecule has 0 heterocycles. The molecule has 0 aromatic heterocycles. The van der Waals surface area contributed by atoms with Crippen LogP contribution in [0.5, 0.6) is 23.0 Å². The van der Waals surface area contributed by atoms with E-state index in [1.54, 1.807) is 14.2 Å². The van der Waals surface area contributed by atoms with E-state index >= 15 is 0 Å². The van der Waals surface area contributed by atoms with Crippen molar-refractivity contribution in [2.45, 2.75) is 105 Å². The standard InChI is InChI=1S/C36H50O4/c1-21(2)40-33-22(3)15-23(34(4,5)6)17-28(33)26-20-30(38-13)25(19-31(26)39-14)27-16-24(35(7,8)9)18-29(32(27)37)36(10,11)12/h15-21,37H,1-14H3. The van der Waals surface area contributed by atoms with Gasteiger partial charge in [0.15, 0.2) is 0 Å². The van der Waals surface area contributed by atoms with E-state index < -0.39 is 0 Å². The summed E-state index contributed by atoms with van der Waals surface area (Å²) < 4.78 is 18.4. The molecule has 0 spiro atoms. The summed E-state index contributed by atoms with van der Waals surface area (Å²) in [6.07, 6.45) is 0.0120. The summed E-state index contributed by atoms with van der Waals surface area (Å²) in [6.45, 7) is 25.8. The molecule has 0 aliphatic heterocycles. The smallest absolute Gasteiger partial charge is 0.130 e. The number of phenols is 1. The molecular weight excluding hydrogens is 496 g/mol. The molecule has 0 bridgehead atoms. The van der Waals surface area contributed by atoms with Crippen molar-refractivity contribution in [3.05, 3.63) is 58.7 Å². The van der Waals surface area contributed by atoms with Crippen LogP contribution in [0.15, 0.2) is 36.4 Å². The van der Waals surface area contributed by atoms with Gasteiger partial charge in [-0.3, -0.25) is 0 Å². The lowest BCUT2D eigenvalue weighted by molar-refractivity contribution is 0.241. The van der Waals surface area contributed by atoms with E-state index in [1.165, 1.54) is 5.56 Å². The van der Waals surface area contributed by atoms with Crippen LogP contribution in [0.25, 0.3) is 22.3 Å². The molecule has 218 valence electrons. The van der Waals surface area contributed by atoms with Crippen molar-refractivity contribution in [1.82, 2.24) is 0 Å². The van der Waals surface area contributed by atoms with Gasteiger partial charge in [0.05, 0.1) is 20.3 Å². The first kappa shape index (κ1) is 31.4. The fourth-order valence-corrected chi connectivity index (χ4v) is 4.96. The van der Waals surface area contributed by atoms with Crippen molar-refractivity contribution in [1.29, 1.82) is 0 Å². The number of phenolic OH excluding ortho intramolecular Hbond substituents is 1. The summed E-state index contributed by atoms with van der Waals surface area (Å²) in [7, 11) is 3.36. The molecular formula is C36H50O4. The predicted molar refractivity (Wildman–Crippen MR) is 169 cm³/mol. The van der Waals surface area contributed by atoms with Gasteiger partial charge in [0.25, 0.3) is 0 Å². The van der Waals surface area contributed by atoms with E-state index in [4.69, 9.17) is 14.2 Å². The summed E-state index contributed by atoms with van der Waals surface area (Å²) in [4.78, 5) is 0. The molecule has 0 atom stereocenters. The van der Waals surface area contributed by atoms with Crippen LogP contribution in [-0.2, 0) is 16.2 Å². The van der Waals surface area contributed by atoms with Gasteiger partial charge in [-0.15, -0.1) is 0 Å². The Morgan fingerprint density at radius 2 is 1.05 bits per heavy atom. The van der Waals surface area contributed by atoms with Crippen molar-refractivity contribution >= 4 is 0 Å². The molecule has 40 heavy (non-hydrogen) atoms. The minimum atomic E-state index is -0.245. The number of aromatic hydroxyl groups is 1. The number of hydrogen-bond donors (Lipinski definition) is 1. The molecule has 0 aliphatic carbocycles. The lowest BCUT2D eigenvalue weighted by Gasteiger charge is -2.28. The molecule has 3 aromatic carbocycles. The molecule has 3 rings (SSSR count). The Bertz CT molecular complexity index is 1380. The van der Waals surface area contributed by atoms with Crippen LogP contribution in [0.3, 0.4) is 0 Å². The van der Waals surface area contributed by atoms with Gasteiger partial charge in [0.1, 0.15) is 23.0 Å². The van der Waals surface area contributed by atoms with Gasteiger partial charge in [-0.2, -0.15) is 0 Å². The van der Waals surface area contributed by atoms with Crippen LogP contribution >= 0.6 is 0 Å². The van der Waals surface area contributed by atoms with Crippen LogP contribution in [-0.4, -0.2) is 25.4 Å². The SMILES string of the molecule is COc1cc(-c2cc(C(C)(C)C)cc(C)c2OC(C)C)c(OC)cc1-c1cc(C(C)(C)C)cc(C(C)(C)C)c1O. The Hall–Kier alpha value is -3.14. The van der Waals surface area contributed by atoms with E-state index in [1.807, 2.05) is 26.0 Å². The van der Waals surface area contributed by atoms with E-state index in [0.717, 1.165) is 44.7 Å². The summed E-state index contributed by atoms with van der Waals surface area (Å²) >= 11 is 0. The molecule has 1 N–H and O–H groups in total. The average molecular weight is 547 g/mol. The van der Waals surface area contributed by atoms with Crippen molar-refractivity contribution in [2.24, 2.45) is 0 Å². The van der Waals surface area contributed by atoms with Crippen LogP contribution in [0, 0.1) is 6.92 Å². The van der Waals surface area contributed by atoms with Gasteiger partial charge in [0, 0.05) is 27.8 Å². The van der Waals surface area contributed by atoms with Gasteiger partial charge in [-0.05, 0) is 78.0 Å². The third-order valence-electron chi connectivity index (χ3n) is 7.38. The van der Waals surface area contributed by atoms with Gasteiger partial charge >= 0.3 is 0 Å². The third-order valence-corrected chi connectivity index (χ3v) is 7.38. The topological polar surface area (TPSA) is 47.9 Å². The molecule has 4 nitrogen and oxygen atoms in total. The maximum atomic E-state index is 11.6. The van der Waals surface area contributed by atoms with Crippen molar-refractivity contribution in [2.75, 3.05) is 14.2 Å². The van der Waals surface area contributed by atoms with E-state index in [-0.39, 0.29) is 28.1 Å². The lowest BCUT2D eigenvalue weighted by atomic mass is 9.78. The Morgan fingerprint density at radius 3 is 1.48 bits per heavy atom. The fourth-order valence-electron chi connectivity index (χ4n) is 4.96. The summed E-state index contributed by atoms with van der Waals surface area (Å²) in [5.74, 6) is 2.45. The normalized spacial score (nSPS) is 12.6. The van der Waals surface area contributed by atoms with Crippen molar-refractivity contribution in [3.63, 3.8) is 0 Å². The van der Waals surface area contributed by atoms with Gasteiger partial charge in [0.2, 0.25) is 0 Å². The van der Waals surface area contributed by atoms with Crippen LogP contribution in [0.4, 0.5) is 0 Å². The van der Waals surface area contributed by atoms with Crippen molar-refractivity contribution in [3.8, 4) is 45.3 Å². The second-order valence-corrected chi connectivity index (χ2v) is 14.3. The Morgan fingerprint density at radius 1 is 0.600 bits per heavy atom. The van der Waals surface area contributed by atoms with Crippen molar-refractivity contribution < 1.29 is 19.3 Å². The number of rotatable bonds is 6. The second kappa shape index (κ2) is 11.0. The zero-order valence-corrected chi connectivity index (χ0v) is 27.2. The monoisotopic (exact) mass is 546 g/mol. The second-order valence-electron chi connectivity index (χ2n) is 14.3. The maximum absolute atomic E-state index is 11.6. The Kier molecular flexibility index (Phi) is 8.65. The molecule has 0 aliphatic rings. The minimum Gasteiger partial charge on any atom is -0.507 e. The molecule has 4 heteroatoms. The summed E-state index contributed by atoms with van der Waals surface area (Å²) in [6, 6.07) is 12.6. The number of methoxy groups -OCH3 is 2. The molecule has 0 amide bonds. The first-order valence-electron chi connectivity index (χ1n) is 14.3. The molecule has 0 saturated carbocycles. The quantitative estimate of drug-likeness (QED) is 0.334.